The van der Waals surface area contributed by atoms with Crippen molar-refractivity contribution < 1.29 is 19.4 Å². The number of benzene rings is 3. The van der Waals surface area contributed by atoms with Crippen LogP contribution in [0.4, 0.5) is 0 Å². The van der Waals surface area contributed by atoms with E-state index in [4.69, 9.17) is 9.47 Å². The van der Waals surface area contributed by atoms with Crippen LogP contribution in [0, 0.1) is 5.92 Å². The predicted octanol–water partition coefficient (Wildman–Crippen LogP) is 9.92. The second-order valence-electron chi connectivity index (χ2n) is 13.9. The minimum Gasteiger partial charge on any atom is -0.392 e. The summed E-state index contributed by atoms with van der Waals surface area (Å²) in [6.45, 7) is 10.4. The Morgan fingerprint density at radius 1 is 0.694 bits per heavy atom. The van der Waals surface area contributed by atoms with Crippen LogP contribution in [-0.2, 0) is 22.6 Å². The van der Waals surface area contributed by atoms with Crippen molar-refractivity contribution in [1.29, 1.82) is 0 Å². The Hall–Kier alpha value is -3.03. The van der Waals surface area contributed by atoms with Gasteiger partial charge in [-0.25, -0.2) is 0 Å². The lowest BCUT2D eigenvalue weighted by Gasteiger charge is -2.43. The van der Waals surface area contributed by atoms with Crippen LogP contribution in [0.3, 0.4) is 0 Å². The van der Waals surface area contributed by atoms with Crippen molar-refractivity contribution in [2.45, 2.75) is 129 Å². The van der Waals surface area contributed by atoms with E-state index in [-0.39, 0.29) is 30.6 Å². The molecular formula is C43H62N2O4. The van der Waals surface area contributed by atoms with Gasteiger partial charge in [-0.15, -0.1) is 0 Å². The molecule has 1 saturated heterocycles. The number of nitrogens with zero attached hydrogens (tertiary/aromatic N) is 1. The molecule has 6 nitrogen and oxygen atoms in total. The molecule has 0 radical (unpaired) electrons. The van der Waals surface area contributed by atoms with Crippen LogP contribution >= 0.6 is 0 Å². The number of unbranched alkanes of at least 4 members (excludes halogenated alkanes) is 10. The van der Waals surface area contributed by atoms with Gasteiger partial charge in [-0.1, -0.05) is 152 Å². The molecule has 4 atom stereocenters. The van der Waals surface area contributed by atoms with Crippen molar-refractivity contribution in [3.63, 3.8) is 0 Å². The van der Waals surface area contributed by atoms with Gasteiger partial charge in [0.25, 0.3) is 5.91 Å². The second-order valence-corrected chi connectivity index (χ2v) is 13.9. The first-order valence-corrected chi connectivity index (χ1v) is 19.2. The average Bonchev–Trinajstić information content (AvgIpc) is 3.14. The number of nitrogens with one attached hydrogen (secondary N) is 1. The summed E-state index contributed by atoms with van der Waals surface area (Å²) in [5.74, 6) is 0.0716. The Morgan fingerprint density at radius 2 is 1.24 bits per heavy atom. The highest BCUT2D eigenvalue weighted by molar-refractivity contribution is 5.94. The van der Waals surface area contributed by atoms with E-state index in [9.17, 15) is 9.90 Å². The predicted molar refractivity (Wildman–Crippen MR) is 200 cm³/mol. The number of hydrogen-bond donors (Lipinski definition) is 2. The Balaban J connectivity index is 1.46. The maximum Gasteiger partial charge on any atom is 0.251 e. The number of aliphatic hydroxyl groups is 1. The van der Waals surface area contributed by atoms with Gasteiger partial charge in [0.1, 0.15) is 0 Å². The molecule has 3 aromatic rings. The molecule has 4 rings (SSSR count). The molecule has 0 unspecified atom stereocenters. The molecular weight excluding hydrogens is 608 g/mol. The quantitative estimate of drug-likeness (QED) is 0.104. The Kier molecular flexibility index (Phi) is 17.3. The van der Waals surface area contributed by atoms with Gasteiger partial charge < -0.3 is 24.8 Å². The number of rotatable bonds is 22. The fourth-order valence-corrected chi connectivity index (χ4v) is 6.77. The van der Waals surface area contributed by atoms with E-state index in [0.717, 1.165) is 41.9 Å². The van der Waals surface area contributed by atoms with Gasteiger partial charge in [-0.05, 0) is 54.8 Å². The van der Waals surface area contributed by atoms with E-state index in [0.29, 0.717) is 12.1 Å². The van der Waals surface area contributed by atoms with Crippen LogP contribution in [0.1, 0.15) is 143 Å². The lowest BCUT2D eigenvalue weighted by atomic mass is 9.90. The van der Waals surface area contributed by atoms with E-state index >= 15 is 0 Å². The second kappa shape index (κ2) is 21.9. The number of aliphatic hydroxyl groups excluding tert-OH is 1. The summed E-state index contributed by atoms with van der Waals surface area (Å²) in [5.41, 5.74) is 4.67. The number of amides is 1. The third kappa shape index (κ3) is 13.0. The molecule has 49 heavy (non-hydrogen) atoms. The van der Waals surface area contributed by atoms with Crippen LogP contribution in [0.2, 0.25) is 0 Å². The fourth-order valence-electron chi connectivity index (χ4n) is 6.77. The average molecular weight is 671 g/mol. The molecule has 2 N–H and O–H groups in total. The summed E-state index contributed by atoms with van der Waals surface area (Å²) in [6.07, 6.45) is 15.0. The highest BCUT2D eigenvalue weighted by Crippen LogP contribution is 2.42. The van der Waals surface area contributed by atoms with Gasteiger partial charge >= 0.3 is 0 Å². The maximum atomic E-state index is 12.6. The largest absolute Gasteiger partial charge is 0.392 e. The molecule has 1 heterocycles. The van der Waals surface area contributed by atoms with E-state index in [1.165, 1.54) is 77.0 Å². The lowest BCUT2D eigenvalue weighted by Crippen LogP contribution is -2.45. The molecule has 0 aromatic heterocycles. The molecule has 0 saturated carbocycles. The van der Waals surface area contributed by atoms with Crippen LogP contribution < -0.4 is 5.32 Å². The number of hydrogen-bond acceptors (Lipinski definition) is 5. The first-order chi connectivity index (χ1) is 24.0. The molecule has 0 bridgehead atoms. The summed E-state index contributed by atoms with van der Waals surface area (Å²) >= 11 is 0. The zero-order chi connectivity index (χ0) is 34.7. The van der Waals surface area contributed by atoms with Crippen molar-refractivity contribution in [1.82, 2.24) is 10.2 Å². The summed E-state index contributed by atoms with van der Waals surface area (Å²) < 4.78 is 13.6. The third-order valence-electron chi connectivity index (χ3n) is 9.96. The van der Waals surface area contributed by atoms with Gasteiger partial charge in [0.05, 0.1) is 18.8 Å². The molecule has 1 amide bonds. The van der Waals surface area contributed by atoms with E-state index in [1.807, 2.05) is 42.5 Å². The van der Waals surface area contributed by atoms with Gasteiger partial charge in [0, 0.05) is 30.1 Å². The molecule has 268 valence electrons. The molecule has 1 aliphatic rings. The van der Waals surface area contributed by atoms with Crippen molar-refractivity contribution in [3.05, 3.63) is 107 Å². The van der Waals surface area contributed by atoms with E-state index in [1.54, 1.807) is 0 Å². The first-order valence-electron chi connectivity index (χ1n) is 19.2. The van der Waals surface area contributed by atoms with E-state index in [2.05, 4.69) is 67.4 Å². The number of carbonyl (C=O) groups excluding carboxylic acids is 1. The lowest BCUT2D eigenvalue weighted by molar-refractivity contribution is -0.276. The fraction of sp³-hybridized carbons (Fsp3) is 0.558. The minimum atomic E-state index is -0.499. The smallest absolute Gasteiger partial charge is 0.251 e. The zero-order valence-corrected chi connectivity index (χ0v) is 30.5. The van der Waals surface area contributed by atoms with Crippen molar-refractivity contribution in [2.75, 3.05) is 19.6 Å². The zero-order valence-electron chi connectivity index (χ0n) is 30.5. The van der Waals surface area contributed by atoms with Crippen molar-refractivity contribution in [2.24, 2.45) is 5.92 Å². The van der Waals surface area contributed by atoms with Crippen LogP contribution in [0.5, 0.6) is 0 Å². The van der Waals surface area contributed by atoms with Gasteiger partial charge in [0.2, 0.25) is 0 Å². The highest BCUT2D eigenvalue weighted by Gasteiger charge is 2.39. The van der Waals surface area contributed by atoms with Crippen molar-refractivity contribution in [3.8, 4) is 0 Å². The van der Waals surface area contributed by atoms with Crippen LogP contribution in [0.25, 0.3) is 0 Å². The van der Waals surface area contributed by atoms with E-state index < -0.39 is 6.29 Å². The number of ether oxygens (including phenoxy) is 2. The summed E-state index contributed by atoms with van der Waals surface area (Å²) in [7, 11) is 0. The maximum absolute atomic E-state index is 12.6. The highest BCUT2D eigenvalue weighted by atomic mass is 16.7. The summed E-state index contributed by atoms with van der Waals surface area (Å²) in [6, 6.07) is 25.7. The van der Waals surface area contributed by atoms with Gasteiger partial charge in [-0.3, -0.25) is 4.79 Å². The van der Waals surface area contributed by atoms with Gasteiger partial charge in [-0.2, -0.15) is 0 Å². The molecule has 1 aliphatic heterocycles. The Bertz CT molecular complexity index is 1300. The number of carbonyl (C=O) groups is 1. The molecule has 0 spiro atoms. The molecule has 0 aliphatic carbocycles. The monoisotopic (exact) mass is 670 g/mol. The Labute approximate surface area is 296 Å². The third-order valence-corrected chi connectivity index (χ3v) is 9.96. The molecule has 3 aromatic carbocycles. The standard InChI is InChI=1S/C43H62N2O4/c1-4-6-8-10-12-17-29-45(30-18-13-11-9-7-5-2)32-40-34(3)41(37-25-23-36(33-46)24-26-37)49-43(48-40)39-27-21-35(22-28-39)31-44-42(47)38-19-15-14-16-20-38/h14-16,19-28,34,40-41,43,46H,4-13,17-18,29-33H2,1-3H3,(H,44,47)/t34-,40+,41+,43+/m1/s1. The summed E-state index contributed by atoms with van der Waals surface area (Å²) in [4.78, 5) is 15.2. The summed E-state index contributed by atoms with van der Waals surface area (Å²) in [5, 5.41) is 12.7. The van der Waals surface area contributed by atoms with Crippen molar-refractivity contribution >= 4 is 5.91 Å². The first kappa shape index (κ1) is 38.8. The SMILES string of the molecule is CCCCCCCCN(CCCCCCCC)C[C@@H]1O[C@H](c2ccc(CNC(=O)c3ccccc3)cc2)O[C@H](c2ccc(CO)cc2)[C@@H]1C. The normalized spacial score (nSPS) is 19.3. The topological polar surface area (TPSA) is 71.0 Å². The van der Waals surface area contributed by atoms with Crippen LogP contribution in [-0.4, -0.2) is 41.7 Å². The van der Waals surface area contributed by atoms with Gasteiger partial charge in [0.15, 0.2) is 6.29 Å². The minimum absolute atomic E-state index is 0.00582. The molecule has 6 heteroatoms. The van der Waals surface area contributed by atoms with Crippen LogP contribution in [0.15, 0.2) is 78.9 Å². The molecule has 1 fully saturated rings. The Morgan fingerprint density at radius 3 is 1.84 bits per heavy atom.